The van der Waals surface area contributed by atoms with Crippen LogP contribution < -0.4 is 0 Å². The predicted molar refractivity (Wildman–Crippen MR) is 54.8 cm³/mol. The van der Waals surface area contributed by atoms with E-state index in [2.05, 4.69) is 21.7 Å². The van der Waals surface area contributed by atoms with Gasteiger partial charge in [-0.1, -0.05) is 0 Å². The molecule has 2 heterocycles. The van der Waals surface area contributed by atoms with E-state index in [1.54, 1.807) is 11.3 Å². The Labute approximate surface area is 82.8 Å². The summed E-state index contributed by atoms with van der Waals surface area (Å²) in [6.07, 6.45) is 2.00. The third kappa shape index (κ3) is 2.53. The summed E-state index contributed by atoms with van der Waals surface area (Å²) in [6, 6.07) is 2.16. The molecule has 1 aromatic heterocycles. The van der Waals surface area contributed by atoms with Gasteiger partial charge in [0.1, 0.15) is 0 Å². The van der Waals surface area contributed by atoms with Gasteiger partial charge in [0.15, 0.2) is 0 Å². The van der Waals surface area contributed by atoms with Gasteiger partial charge in [0.2, 0.25) is 0 Å². The van der Waals surface area contributed by atoms with Crippen molar-refractivity contribution in [2.45, 2.75) is 25.5 Å². The summed E-state index contributed by atoms with van der Waals surface area (Å²) in [5, 5.41) is 13.8. The van der Waals surface area contributed by atoms with Crippen molar-refractivity contribution >= 4 is 11.3 Å². The number of likely N-dealkylation sites (tertiary alicyclic amines) is 1. The Hall–Kier alpha value is -0.380. The molecule has 0 unspecified atom stereocenters. The van der Waals surface area contributed by atoms with Crippen LogP contribution in [0.3, 0.4) is 0 Å². The van der Waals surface area contributed by atoms with Gasteiger partial charge in [-0.2, -0.15) is 11.3 Å². The molecule has 1 saturated heterocycles. The summed E-state index contributed by atoms with van der Waals surface area (Å²) in [6.45, 7) is 2.98. The molecule has 1 atom stereocenters. The van der Waals surface area contributed by atoms with E-state index in [-0.39, 0.29) is 6.10 Å². The lowest BCUT2D eigenvalue weighted by atomic mass is 10.1. The fourth-order valence-electron chi connectivity index (χ4n) is 1.82. The minimum Gasteiger partial charge on any atom is -0.392 e. The highest BCUT2D eigenvalue weighted by Crippen LogP contribution is 2.14. The van der Waals surface area contributed by atoms with E-state index in [0.717, 1.165) is 32.5 Å². The standard InChI is InChI=1S/C10H15NOS/c12-10-2-1-4-11(7-10)6-9-3-5-13-8-9/h3,5,8,10,12H,1-2,4,6-7H2/t10-/m1/s1. The summed E-state index contributed by atoms with van der Waals surface area (Å²) in [5.41, 5.74) is 1.37. The first-order valence-corrected chi connectivity index (χ1v) is 5.70. The maximum absolute atomic E-state index is 9.47. The molecule has 1 fully saturated rings. The minimum absolute atomic E-state index is 0.104. The van der Waals surface area contributed by atoms with Crippen LogP contribution in [0.4, 0.5) is 0 Å². The number of hydrogen-bond donors (Lipinski definition) is 1. The summed E-state index contributed by atoms with van der Waals surface area (Å²) in [7, 11) is 0. The lowest BCUT2D eigenvalue weighted by Gasteiger charge is -2.29. The first-order chi connectivity index (χ1) is 6.34. The second kappa shape index (κ2) is 4.22. The number of aliphatic hydroxyl groups is 1. The Morgan fingerprint density at radius 1 is 1.62 bits per heavy atom. The first-order valence-electron chi connectivity index (χ1n) is 4.76. The molecule has 1 aliphatic heterocycles. The molecule has 0 aromatic carbocycles. The number of nitrogens with zero attached hydrogens (tertiary/aromatic N) is 1. The maximum atomic E-state index is 9.47. The van der Waals surface area contributed by atoms with E-state index in [4.69, 9.17) is 0 Å². The molecule has 0 radical (unpaired) electrons. The SMILES string of the molecule is O[C@@H]1CCCN(Cc2ccsc2)C1. The number of hydrogen-bond acceptors (Lipinski definition) is 3. The largest absolute Gasteiger partial charge is 0.392 e. The highest BCUT2D eigenvalue weighted by atomic mass is 32.1. The summed E-state index contributed by atoms with van der Waals surface area (Å²) >= 11 is 1.74. The fourth-order valence-corrected chi connectivity index (χ4v) is 2.48. The average Bonchev–Trinajstić information content (AvgIpc) is 2.57. The number of aliphatic hydroxyl groups excluding tert-OH is 1. The van der Waals surface area contributed by atoms with Crippen molar-refractivity contribution in [1.29, 1.82) is 0 Å². The Bertz CT molecular complexity index is 247. The second-order valence-electron chi connectivity index (χ2n) is 3.66. The van der Waals surface area contributed by atoms with Crippen LogP contribution in [0.15, 0.2) is 16.8 Å². The van der Waals surface area contributed by atoms with Crippen molar-refractivity contribution in [3.8, 4) is 0 Å². The van der Waals surface area contributed by atoms with Gasteiger partial charge in [-0.25, -0.2) is 0 Å². The average molecular weight is 197 g/mol. The van der Waals surface area contributed by atoms with Crippen molar-refractivity contribution in [2.24, 2.45) is 0 Å². The van der Waals surface area contributed by atoms with Crippen LogP contribution in [0, 0.1) is 0 Å². The molecule has 0 spiro atoms. The van der Waals surface area contributed by atoms with Crippen LogP contribution in [0.2, 0.25) is 0 Å². The molecule has 13 heavy (non-hydrogen) atoms. The van der Waals surface area contributed by atoms with Crippen molar-refractivity contribution in [3.05, 3.63) is 22.4 Å². The quantitative estimate of drug-likeness (QED) is 0.780. The Morgan fingerprint density at radius 2 is 2.54 bits per heavy atom. The third-order valence-corrected chi connectivity index (χ3v) is 3.20. The highest BCUT2D eigenvalue weighted by Gasteiger charge is 2.17. The molecule has 2 nitrogen and oxygen atoms in total. The van der Waals surface area contributed by atoms with Crippen LogP contribution in [0.25, 0.3) is 0 Å². The maximum Gasteiger partial charge on any atom is 0.0667 e. The van der Waals surface area contributed by atoms with Crippen LogP contribution in [0.1, 0.15) is 18.4 Å². The molecule has 2 rings (SSSR count). The van der Waals surface area contributed by atoms with E-state index in [1.165, 1.54) is 5.56 Å². The molecule has 3 heteroatoms. The van der Waals surface area contributed by atoms with Crippen LogP contribution in [-0.4, -0.2) is 29.2 Å². The van der Waals surface area contributed by atoms with E-state index in [9.17, 15) is 5.11 Å². The predicted octanol–water partition coefficient (Wildman–Crippen LogP) is 1.70. The Kier molecular flexibility index (Phi) is 2.98. The summed E-state index contributed by atoms with van der Waals surface area (Å²) in [4.78, 5) is 2.33. The van der Waals surface area contributed by atoms with Gasteiger partial charge in [-0.3, -0.25) is 4.90 Å². The summed E-state index contributed by atoms with van der Waals surface area (Å²) in [5.74, 6) is 0. The molecule has 1 aromatic rings. The number of β-amino-alcohol motifs (C(OH)–C–C–N with tert-alkyl or cyclic N) is 1. The molecule has 1 aliphatic rings. The van der Waals surface area contributed by atoms with E-state index < -0.39 is 0 Å². The Morgan fingerprint density at radius 3 is 3.23 bits per heavy atom. The van der Waals surface area contributed by atoms with Crippen LogP contribution in [-0.2, 0) is 6.54 Å². The number of rotatable bonds is 2. The fraction of sp³-hybridized carbons (Fsp3) is 0.600. The molecule has 1 N–H and O–H groups in total. The van der Waals surface area contributed by atoms with Crippen molar-refractivity contribution < 1.29 is 5.11 Å². The van der Waals surface area contributed by atoms with Gasteiger partial charge in [-0.15, -0.1) is 0 Å². The normalized spacial score (nSPS) is 24.8. The third-order valence-electron chi connectivity index (χ3n) is 2.47. The molecular weight excluding hydrogens is 182 g/mol. The highest BCUT2D eigenvalue weighted by molar-refractivity contribution is 7.07. The van der Waals surface area contributed by atoms with Gasteiger partial charge >= 0.3 is 0 Å². The number of piperidine rings is 1. The smallest absolute Gasteiger partial charge is 0.0667 e. The van der Waals surface area contributed by atoms with E-state index in [0.29, 0.717) is 0 Å². The van der Waals surface area contributed by atoms with Crippen molar-refractivity contribution in [3.63, 3.8) is 0 Å². The van der Waals surface area contributed by atoms with Gasteiger partial charge in [0.05, 0.1) is 6.10 Å². The first kappa shape index (κ1) is 9.19. The lowest BCUT2D eigenvalue weighted by molar-refractivity contribution is 0.0669. The lowest BCUT2D eigenvalue weighted by Crippen LogP contribution is -2.37. The van der Waals surface area contributed by atoms with Gasteiger partial charge < -0.3 is 5.11 Å². The molecule has 0 amide bonds. The number of thiophene rings is 1. The van der Waals surface area contributed by atoms with Gasteiger partial charge in [0, 0.05) is 13.1 Å². The zero-order chi connectivity index (χ0) is 9.10. The zero-order valence-corrected chi connectivity index (χ0v) is 8.46. The summed E-state index contributed by atoms with van der Waals surface area (Å²) < 4.78 is 0. The topological polar surface area (TPSA) is 23.5 Å². The van der Waals surface area contributed by atoms with E-state index in [1.807, 2.05) is 0 Å². The Balaban J connectivity index is 1.87. The molecule has 0 bridgehead atoms. The van der Waals surface area contributed by atoms with Crippen LogP contribution in [0.5, 0.6) is 0 Å². The zero-order valence-electron chi connectivity index (χ0n) is 7.65. The molecule has 0 saturated carbocycles. The van der Waals surface area contributed by atoms with E-state index >= 15 is 0 Å². The van der Waals surface area contributed by atoms with Gasteiger partial charge in [-0.05, 0) is 41.8 Å². The molecule has 0 aliphatic carbocycles. The molecule has 72 valence electrons. The monoisotopic (exact) mass is 197 g/mol. The van der Waals surface area contributed by atoms with Gasteiger partial charge in [0.25, 0.3) is 0 Å². The van der Waals surface area contributed by atoms with Crippen molar-refractivity contribution in [1.82, 2.24) is 4.90 Å². The molecular formula is C10H15NOS. The van der Waals surface area contributed by atoms with Crippen LogP contribution >= 0.6 is 11.3 Å². The van der Waals surface area contributed by atoms with Crippen molar-refractivity contribution in [2.75, 3.05) is 13.1 Å². The second-order valence-corrected chi connectivity index (χ2v) is 4.44. The minimum atomic E-state index is -0.104.